The number of aliphatic hydroxyl groups excluding tert-OH is 1. The zero-order valence-corrected chi connectivity index (χ0v) is 7.94. The highest BCUT2D eigenvalue weighted by Crippen LogP contribution is 2.17. The van der Waals surface area contributed by atoms with Gasteiger partial charge < -0.3 is 9.84 Å². The molecule has 0 aromatic heterocycles. The van der Waals surface area contributed by atoms with Crippen molar-refractivity contribution < 1.29 is 9.84 Å². The molecule has 1 aromatic rings. The van der Waals surface area contributed by atoms with Crippen molar-refractivity contribution in [2.45, 2.75) is 18.9 Å². The van der Waals surface area contributed by atoms with Gasteiger partial charge in [0, 0.05) is 13.7 Å². The first-order valence-electron chi connectivity index (χ1n) is 4.56. The number of aliphatic hydroxyl groups is 1. The maximum Gasteiger partial charge on any atom is 0.0790 e. The molecule has 1 N–H and O–H groups in total. The van der Waals surface area contributed by atoms with Crippen molar-refractivity contribution in [2.24, 2.45) is 0 Å². The van der Waals surface area contributed by atoms with Crippen LogP contribution in [-0.4, -0.2) is 18.8 Å². The van der Waals surface area contributed by atoms with E-state index in [0.29, 0.717) is 6.61 Å². The highest BCUT2D eigenvalue weighted by Gasteiger charge is 2.05. The summed E-state index contributed by atoms with van der Waals surface area (Å²) in [4.78, 5) is 0. The topological polar surface area (TPSA) is 29.5 Å². The van der Waals surface area contributed by atoms with Gasteiger partial charge in [0.2, 0.25) is 0 Å². The van der Waals surface area contributed by atoms with E-state index in [-0.39, 0.29) is 6.10 Å². The Bertz CT molecular complexity index is 221. The van der Waals surface area contributed by atoms with Gasteiger partial charge in [-0.2, -0.15) is 0 Å². The molecule has 0 aliphatic rings. The number of methoxy groups -OCH3 is 1. The summed E-state index contributed by atoms with van der Waals surface area (Å²) >= 11 is 0. The van der Waals surface area contributed by atoms with Crippen LogP contribution < -0.4 is 0 Å². The van der Waals surface area contributed by atoms with E-state index in [9.17, 15) is 5.11 Å². The van der Waals surface area contributed by atoms with Gasteiger partial charge in [-0.3, -0.25) is 0 Å². The van der Waals surface area contributed by atoms with Crippen molar-refractivity contribution in [3.63, 3.8) is 0 Å². The van der Waals surface area contributed by atoms with Crippen LogP contribution >= 0.6 is 0 Å². The molecule has 0 aliphatic heterocycles. The Balaban J connectivity index is 2.35. The van der Waals surface area contributed by atoms with Crippen LogP contribution in [0.3, 0.4) is 0 Å². The summed E-state index contributed by atoms with van der Waals surface area (Å²) in [6.07, 6.45) is 1.31. The maximum absolute atomic E-state index is 9.69. The first-order chi connectivity index (χ1) is 6.34. The SMILES string of the molecule is COCCCC(O)c1ccccc1. The molecule has 2 heteroatoms. The fourth-order valence-electron chi connectivity index (χ4n) is 1.26. The van der Waals surface area contributed by atoms with E-state index in [1.807, 2.05) is 30.3 Å². The van der Waals surface area contributed by atoms with Gasteiger partial charge in [0.1, 0.15) is 0 Å². The minimum Gasteiger partial charge on any atom is -0.388 e. The Morgan fingerprint density at radius 2 is 2.00 bits per heavy atom. The Morgan fingerprint density at radius 3 is 2.62 bits per heavy atom. The first kappa shape index (κ1) is 10.2. The molecule has 0 saturated heterocycles. The van der Waals surface area contributed by atoms with Gasteiger partial charge in [0.15, 0.2) is 0 Å². The van der Waals surface area contributed by atoms with Crippen LogP contribution in [0.5, 0.6) is 0 Å². The van der Waals surface area contributed by atoms with Crippen LogP contribution in [0.1, 0.15) is 24.5 Å². The van der Waals surface area contributed by atoms with Crippen molar-refractivity contribution >= 4 is 0 Å². The molecule has 0 aliphatic carbocycles. The molecule has 1 unspecified atom stereocenters. The van der Waals surface area contributed by atoms with Gasteiger partial charge in [0.25, 0.3) is 0 Å². The molecule has 1 rings (SSSR count). The van der Waals surface area contributed by atoms with E-state index in [1.54, 1.807) is 7.11 Å². The lowest BCUT2D eigenvalue weighted by Gasteiger charge is -2.09. The van der Waals surface area contributed by atoms with Crippen molar-refractivity contribution in [1.29, 1.82) is 0 Å². The third-order valence-electron chi connectivity index (χ3n) is 2.01. The molecule has 1 aromatic carbocycles. The largest absolute Gasteiger partial charge is 0.388 e. The van der Waals surface area contributed by atoms with Crippen LogP contribution in [0.15, 0.2) is 30.3 Å². The Kier molecular flexibility index (Phi) is 4.50. The third kappa shape index (κ3) is 3.57. The van der Waals surface area contributed by atoms with Crippen LogP contribution in [0.4, 0.5) is 0 Å². The van der Waals surface area contributed by atoms with Crippen molar-refractivity contribution in [1.82, 2.24) is 0 Å². The van der Waals surface area contributed by atoms with Crippen molar-refractivity contribution in [2.75, 3.05) is 13.7 Å². The molecule has 0 heterocycles. The summed E-state index contributed by atoms with van der Waals surface area (Å²) in [6.45, 7) is 0.712. The second-order valence-corrected chi connectivity index (χ2v) is 3.06. The molecule has 0 radical (unpaired) electrons. The van der Waals surface area contributed by atoms with Crippen LogP contribution in [0, 0.1) is 0 Å². The lowest BCUT2D eigenvalue weighted by molar-refractivity contribution is 0.136. The Labute approximate surface area is 79.2 Å². The fraction of sp³-hybridized carbons (Fsp3) is 0.455. The minimum absolute atomic E-state index is 0.351. The average molecular weight is 180 g/mol. The molecule has 0 amide bonds. The van der Waals surface area contributed by atoms with E-state index >= 15 is 0 Å². The van der Waals surface area contributed by atoms with E-state index < -0.39 is 0 Å². The predicted octanol–water partition coefficient (Wildman–Crippen LogP) is 2.15. The van der Waals surface area contributed by atoms with Gasteiger partial charge in [-0.1, -0.05) is 30.3 Å². The van der Waals surface area contributed by atoms with Crippen LogP contribution in [0.2, 0.25) is 0 Å². The molecule has 0 fully saturated rings. The van der Waals surface area contributed by atoms with E-state index in [4.69, 9.17) is 4.74 Å². The van der Waals surface area contributed by atoms with Crippen LogP contribution in [0.25, 0.3) is 0 Å². The number of benzene rings is 1. The van der Waals surface area contributed by atoms with Gasteiger partial charge in [0.05, 0.1) is 6.10 Å². The number of ether oxygens (including phenoxy) is 1. The Hall–Kier alpha value is -0.860. The van der Waals surface area contributed by atoms with E-state index in [0.717, 1.165) is 18.4 Å². The average Bonchev–Trinajstić information content (AvgIpc) is 2.19. The molecule has 72 valence electrons. The number of hydrogen-bond donors (Lipinski definition) is 1. The quantitative estimate of drug-likeness (QED) is 0.703. The zero-order chi connectivity index (χ0) is 9.52. The number of rotatable bonds is 5. The van der Waals surface area contributed by atoms with E-state index in [2.05, 4.69) is 0 Å². The maximum atomic E-state index is 9.69. The standard InChI is InChI=1S/C11H16O2/c1-13-9-5-8-11(12)10-6-3-2-4-7-10/h2-4,6-7,11-12H,5,8-9H2,1H3. The monoisotopic (exact) mass is 180 g/mol. The van der Waals surface area contributed by atoms with Gasteiger partial charge in [-0.25, -0.2) is 0 Å². The molecule has 13 heavy (non-hydrogen) atoms. The molecule has 1 atom stereocenters. The normalized spacial score (nSPS) is 12.8. The minimum atomic E-state index is -0.351. The molecular weight excluding hydrogens is 164 g/mol. The van der Waals surface area contributed by atoms with Crippen LogP contribution in [-0.2, 0) is 4.74 Å². The molecule has 2 nitrogen and oxygen atoms in total. The Morgan fingerprint density at radius 1 is 1.31 bits per heavy atom. The summed E-state index contributed by atoms with van der Waals surface area (Å²) in [5.74, 6) is 0. The molecular formula is C11H16O2. The highest BCUT2D eigenvalue weighted by molar-refractivity contribution is 5.16. The predicted molar refractivity (Wildman–Crippen MR) is 52.5 cm³/mol. The number of hydrogen-bond acceptors (Lipinski definition) is 2. The second-order valence-electron chi connectivity index (χ2n) is 3.06. The summed E-state index contributed by atoms with van der Waals surface area (Å²) in [5, 5.41) is 9.69. The third-order valence-corrected chi connectivity index (χ3v) is 2.01. The highest BCUT2D eigenvalue weighted by atomic mass is 16.5. The summed E-state index contributed by atoms with van der Waals surface area (Å²) in [5.41, 5.74) is 0.985. The van der Waals surface area contributed by atoms with Crippen molar-refractivity contribution in [3.8, 4) is 0 Å². The van der Waals surface area contributed by atoms with E-state index in [1.165, 1.54) is 0 Å². The lowest BCUT2D eigenvalue weighted by atomic mass is 10.1. The summed E-state index contributed by atoms with van der Waals surface area (Å²) < 4.78 is 4.92. The molecule has 0 saturated carbocycles. The van der Waals surface area contributed by atoms with Gasteiger partial charge >= 0.3 is 0 Å². The summed E-state index contributed by atoms with van der Waals surface area (Å²) in [7, 11) is 1.68. The first-order valence-corrected chi connectivity index (χ1v) is 4.56. The van der Waals surface area contributed by atoms with Gasteiger partial charge in [-0.15, -0.1) is 0 Å². The zero-order valence-electron chi connectivity index (χ0n) is 7.94. The fourth-order valence-corrected chi connectivity index (χ4v) is 1.26. The smallest absolute Gasteiger partial charge is 0.0790 e. The van der Waals surface area contributed by atoms with Crippen molar-refractivity contribution in [3.05, 3.63) is 35.9 Å². The lowest BCUT2D eigenvalue weighted by Crippen LogP contribution is -1.99. The molecule has 0 bridgehead atoms. The second kappa shape index (κ2) is 5.73. The van der Waals surface area contributed by atoms with Gasteiger partial charge in [-0.05, 0) is 18.4 Å². The summed E-state index contributed by atoms with van der Waals surface area (Å²) in [6, 6.07) is 9.71. The molecule has 0 spiro atoms.